The fourth-order valence-electron chi connectivity index (χ4n) is 5.68. The van der Waals surface area contributed by atoms with Gasteiger partial charge >= 0.3 is 0 Å². The fourth-order valence-corrected chi connectivity index (χ4v) is 5.68. The summed E-state index contributed by atoms with van der Waals surface area (Å²) in [4.78, 5) is 29.5. The van der Waals surface area contributed by atoms with Crippen LogP contribution in [0.1, 0.15) is 61.5 Å². The van der Waals surface area contributed by atoms with Crippen molar-refractivity contribution >= 4 is 22.7 Å². The van der Waals surface area contributed by atoms with Crippen molar-refractivity contribution in [3.63, 3.8) is 0 Å². The van der Waals surface area contributed by atoms with Crippen molar-refractivity contribution in [2.45, 2.75) is 70.0 Å². The Bertz CT molecular complexity index is 1210. The normalized spacial score (nSPS) is 20.6. The second-order valence-electron chi connectivity index (χ2n) is 10.2. The summed E-state index contributed by atoms with van der Waals surface area (Å²) in [5, 5.41) is 4.29. The van der Waals surface area contributed by atoms with Crippen molar-refractivity contribution in [3.8, 4) is 5.75 Å². The highest BCUT2D eigenvalue weighted by molar-refractivity contribution is 6.03. The summed E-state index contributed by atoms with van der Waals surface area (Å²) in [6.07, 6.45) is 7.22. The van der Waals surface area contributed by atoms with Crippen molar-refractivity contribution in [1.29, 1.82) is 0 Å². The van der Waals surface area contributed by atoms with E-state index in [0.29, 0.717) is 18.8 Å². The van der Waals surface area contributed by atoms with Gasteiger partial charge in [0.15, 0.2) is 0 Å². The third-order valence-electron chi connectivity index (χ3n) is 7.76. The van der Waals surface area contributed by atoms with Crippen LogP contribution in [-0.2, 0) is 17.8 Å². The lowest BCUT2D eigenvalue weighted by molar-refractivity contribution is -0.133. The van der Waals surface area contributed by atoms with Gasteiger partial charge in [0.25, 0.3) is 5.91 Å². The van der Waals surface area contributed by atoms with Crippen LogP contribution in [-0.4, -0.2) is 46.5 Å². The maximum Gasteiger partial charge on any atom is 0.271 e. The second-order valence-corrected chi connectivity index (χ2v) is 10.2. The van der Waals surface area contributed by atoms with E-state index in [4.69, 9.17) is 4.74 Å². The van der Waals surface area contributed by atoms with Gasteiger partial charge in [-0.3, -0.25) is 9.59 Å². The van der Waals surface area contributed by atoms with Crippen molar-refractivity contribution in [3.05, 3.63) is 65.9 Å². The van der Waals surface area contributed by atoms with Crippen LogP contribution in [0.3, 0.4) is 0 Å². The summed E-state index contributed by atoms with van der Waals surface area (Å²) >= 11 is 0. The summed E-state index contributed by atoms with van der Waals surface area (Å²) in [5.74, 6) is 0.609. The van der Waals surface area contributed by atoms with E-state index in [1.165, 1.54) is 12.0 Å². The Hall–Kier alpha value is -3.28. The third kappa shape index (κ3) is 4.54. The smallest absolute Gasteiger partial charge is 0.271 e. The number of benzene rings is 2. The maximum absolute atomic E-state index is 13.9. The quantitative estimate of drug-likeness (QED) is 0.528. The van der Waals surface area contributed by atoms with Gasteiger partial charge < -0.3 is 19.5 Å². The lowest BCUT2D eigenvalue weighted by atomic mass is 9.91. The largest absolute Gasteiger partial charge is 0.497 e. The van der Waals surface area contributed by atoms with Crippen LogP contribution in [0.15, 0.2) is 54.6 Å². The monoisotopic (exact) mass is 473 g/mol. The van der Waals surface area contributed by atoms with Crippen molar-refractivity contribution in [1.82, 2.24) is 14.8 Å². The Kier molecular flexibility index (Phi) is 6.54. The maximum atomic E-state index is 13.9. The first-order valence-electron chi connectivity index (χ1n) is 12.8. The van der Waals surface area contributed by atoms with Gasteiger partial charge in [-0.15, -0.1) is 0 Å². The summed E-state index contributed by atoms with van der Waals surface area (Å²) in [6, 6.07) is 18.3. The average molecular weight is 474 g/mol. The molecule has 184 valence electrons. The predicted octanol–water partition coefficient (Wildman–Crippen LogP) is 4.95. The lowest BCUT2D eigenvalue weighted by Gasteiger charge is -2.45. The summed E-state index contributed by atoms with van der Waals surface area (Å²) < 4.78 is 7.45. The molecule has 0 spiro atoms. The Morgan fingerprint density at radius 2 is 1.86 bits per heavy atom. The molecule has 1 aliphatic heterocycles. The van der Waals surface area contributed by atoms with Crippen LogP contribution in [0.4, 0.5) is 0 Å². The minimum Gasteiger partial charge on any atom is -0.497 e. The molecule has 0 radical (unpaired) electrons. The van der Waals surface area contributed by atoms with Gasteiger partial charge in [-0.05, 0) is 56.4 Å². The van der Waals surface area contributed by atoms with Crippen molar-refractivity contribution in [2.24, 2.45) is 0 Å². The zero-order chi connectivity index (χ0) is 24.4. The molecule has 5 rings (SSSR count). The number of amides is 2. The van der Waals surface area contributed by atoms with Crippen molar-refractivity contribution in [2.75, 3.05) is 13.7 Å². The van der Waals surface area contributed by atoms with Crippen LogP contribution in [0.2, 0.25) is 0 Å². The highest BCUT2D eigenvalue weighted by Gasteiger charge is 2.47. The van der Waals surface area contributed by atoms with E-state index in [2.05, 4.69) is 17.4 Å². The molecule has 0 saturated heterocycles. The number of hydrogen-bond donors (Lipinski definition) is 1. The van der Waals surface area contributed by atoms with E-state index >= 15 is 0 Å². The molecule has 1 atom stereocenters. The third-order valence-corrected chi connectivity index (χ3v) is 7.76. The molecule has 2 heterocycles. The van der Waals surface area contributed by atoms with Crippen LogP contribution in [0.25, 0.3) is 10.9 Å². The van der Waals surface area contributed by atoms with Gasteiger partial charge in [-0.2, -0.15) is 0 Å². The zero-order valence-electron chi connectivity index (χ0n) is 20.8. The van der Waals surface area contributed by atoms with E-state index in [9.17, 15) is 9.59 Å². The average Bonchev–Trinajstić information content (AvgIpc) is 3.24. The van der Waals surface area contributed by atoms with E-state index in [0.717, 1.165) is 55.2 Å². The van der Waals surface area contributed by atoms with Crippen LogP contribution < -0.4 is 10.1 Å². The van der Waals surface area contributed by atoms with Gasteiger partial charge in [-0.25, -0.2) is 0 Å². The molecule has 1 aromatic heterocycles. The number of fused-ring (bicyclic) bond motifs is 3. The Morgan fingerprint density at radius 3 is 2.60 bits per heavy atom. The molecule has 1 saturated carbocycles. The first-order valence-corrected chi connectivity index (χ1v) is 12.8. The predicted molar refractivity (Wildman–Crippen MR) is 138 cm³/mol. The molecule has 1 N–H and O–H groups in total. The Labute approximate surface area is 207 Å². The first-order chi connectivity index (χ1) is 17.0. The molecular formula is C29H35N3O3. The Balaban J connectivity index is 1.46. The summed E-state index contributed by atoms with van der Waals surface area (Å²) in [5.41, 5.74) is 1.84. The molecule has 0 unspecified atom stereocenters. The Morgan fingerprint density at radius 1 is 1.09 bits per heavy atom. The lowest BCUT2D eigenvalue weighted by Crippen LogP contribution is -2.65. The molecule has 2 aliphatic rings. The summed E-state index contributed by atoms with van der Waals surface area (Å²) in [6.45, 7) is 2.89. The summed E-state index contributed by atoms with van der Waals surface area (Å²) in [7, 11) is 1.64. The molecule has 2 aromatic carbocycles. The highest BCUT2D eigenvalue weighted by Crippen LogP contribution is 2.34. The molecule has 6 nitrogen and oxygen atoms in total. The number of aromatic nitrogens is 1. The number of aryl methyl sites for hydroxylation is 1. The van der Waals surface area contributed by atoms with Crippen LogP contribution in [0, 0.1) is 0 Å². The van der Waals surface area contributed by atoms with Crippen LogP contribution >= 0.6 is 0 Å². The van der Waals surface area contributed by atoms with Gasteiger partial charge in [-0.1, -0.05) is 49.6 Å². The number of rotatable bonds is 7. The second kappa shape index (κ2) is 9.76. The topological polar surface area (TPSA) is 63.6 Å². The van der Waals surface area contributed by atoms with Crippen molar-refractivity contribution < 1.29 is 14.3 Å². The number of hydrogen-bond acceptors (Lipinski definition) is 3. The highest BCUT2D eigenvalue weighted by atomic mass is 16.5. The molecule has 35 heavy (non-hydrogen) atoms. The first kappa shape index (κ1) is 23.5. The number of carbonyl (C=O) groups excluding carboxylic acids is 2. The van der Waals surface area contributed by atoms with E-state index in [-0.39, 0.29) is 17.9 Å². The van der Waals surface area contributed by atoms with E-state index in [1.54, 1.807) is 7.11 Å². The fraction of sp³-hybridized carbons (Fsp3) is 0.448. The number of carbonyl (C=O) groups is 2. The van der Waals surface area contributed by atoms with E-state index < -0.39 is 5.54 Å². The van der Waals surface area contributed by atoms with Crippen LogP contribution in [0.5, 0.6) is 5.75 Å². The van der Waals surface area contributed by atoms with Gasteiger partial charge in [0.1, 0.15) is 17.0 Å². The standard InChI is InChI=1S/C29H35N3O3/c1-29(28(34)30-23-13-7-4-8-14-23)20-31-25-19-24(35-2)16-15-22(25)18-26(31)27(33)32(29)17-9-12-21-10-5-3-6-11-21/h3,5-6,10-11,15-16,18-19,23H,4,7-9,12-14,17,20H2,1-2H3,(H,30,34)/t29-/m1/s1. The molecule has 3 aromatic rings. The molecule has 1 fully saturated rings. The zero-order valence-corrected chi connectivity index (χ0v) is 20.8. The van der Waals surface area contributed by atoms with Gasteiger partial charge in [0, 0.05) is 24.0 Å². The molecule has 2 amide bonds. The molecule has 1 aliphatic carbocycles. The van der Waals surface area contributed by atoms with E-state index in [1.807, 2.05) is 58.9 Å². The number of methoxy groups -OCH3 is 1. The number of nitrogens with zero attached hydrogens (tertiary/aromatic N) is 2. The molecule has 0 bridgehead atoms. The number of nitrogens with one attached hydrogen (secondary N) is 1. The van der Waals surface area contributed by atoms with Gasteiger partial charge in [0.2, 0.25) is 5.91 Å². The number of ether oxygens (including phenoxy) is 1. The molecule has 6 heteroatoms. The minimum atomic E-state index is -0.965. The SMILES string of the molecule is COc1ccc2cc3n(c2c1)C[C@](C)(C(=O)NC1CCCCC1)N(CCCc1ccccc1)C3=O. The minimum absolute atomic E-state index is 0.0483. The van der Waals surface area contributed by atoms with Gasteiger partial charge in [0.05, 0.1) is 19.2 Å². The molecular weight excluding hydrogens is 438 g/mol.